The van der Waals surface area contributed by atoms with E-state index in [9.17, 15) is 9.59 Å². The molecule has 1 aliphatic carbocycles. The van der Waals surface area contributed by atoms with E-state index in [1.165, 1.54) is 4.90 Å². The number of carbonyl (C=O) groups excluding carboxylic acids is 1. The van der Waals surface area contributed by atoms with Crippen LogP contribution in [0.3, 0.4) is 0 Å². The standard InChI is InChI=1S/C13H18N2O4/c1-7(2)12-11(8(3)14-19-12)13(18)15(6-10(16)17)9-4-5-9/h7,9H,4-6H2,1-3H3,(H,16,17). The number of carboxylic acid groups (broad SMARTS) is 1. The number of aliphatic carboxylic acids is 1. The third-order valence-electron chi connectivity index (χ3n) is 3.18. The summed E-state index contributed by atoms with van der Waals surface area (Å²) >= 11 is 0. The molecule has 0 unspecified atom stereocenters. The summed E-state index contributed by atoms with van der Waals surface area (Å²) in [7, 11) is 0. The lowest BCUT2D eigenvalue weighted by Gasteiger charge is -2.20. The van der Waals surface area contributed by atoms with Crippen LogP contribution in [0.4, 0.5) is 0 Å². The van der Waals surface area contributed by atoms with Gasteiger partial charge in [-0.05, 0) is 19.8 Å². The summed E-state index contributed by atoms with van der Waals surface area (Å²) < 4.78 is 5.19. The number of hydrogen-bond acceptors (Lipinski definition) is 4. The first-order valence-corrected chi connectivity index (χ1v) is 6.40. The molecule has 19 heavy (non-hydrogen) atoms. The van der Waals surface area contributed by atoms with Gasteiger partial charge < -0.3 is 14.5 Å². The lowest BCUT2D eigenvalue weighted by atomic mass is 10.0. The van der Waals surface area contributed by atoms with Crippen LogP contribution in [0.2, 0.25) is 0 Å². The normalized spacial score (nSPS) is 14.7. The van der Waals surface area contributed by atoms with Gasteiger partial charge in [0.05, 0.1) is 5.69 Å². The summed E-state index contributed by atoms with van der Waals surface area (Å²) in [5, 5.41) is 12.8. The van der Waals surface area contributed by atoms with E-state index in [4.69, 9.17) is 9.63 Å². The highest BCUT2D eigenvalue weighted by molar-refractivity contribution is 5.98. The first kappa shape index (κ1) is 13.6. The van der Waals surface area contributed by atoms with Crippen LogP contribution in [-0.2, 0) is 4.79 Å². The third kappa shape index (κ3) is 2.77. The maximum Gasteiger partial charge on any atom is 0.323 e. The van der Waals surface area contributed by atoms with Gasteiger partial charge in [-0.1, -0.05) is 19.0 Å². The number of rotatable bonds is 5. The maximum absolute atomic E-state index is 12.5. The van der Waals surface area contributed by atoms with Gasteiger partial charge in [0, 0.05) is 12.0 Å². The minimum absolute atomic E-state index is 0.0334. The molecule has 0 atom stereocenters. The Morgan fingerprint density at radius 2 is 2.11 bits per heavy atom. The zero-order chi connectivity index (χ0) is 14.2. The number of hydrogen-bond donors (Lipinski definition) is 1. The lowest BCUT2D eigenvalue weighted by molar-refractivity contribution is -0.137. The molecule has 1 saturated carbocycles. The van der Waals surface area contributed by atoms with Gasteiger partial charge in [-0.25, -0.2) is 0 Å². The van der Waals surface area contributed by atoms with Crippen molar-refractivity contribution >= 4 is 11.9 Å². The number of amides is 1. The number of aryl methyl sites for hydroxylation is 1. The number of aromatic nitrogens is 1. The van der Waals surface area contributed by atoms with Crippen LogP contribution < -0.4 is 0 Å². The van der Waals surface area contributed by atoms with Crippen molar-refractivity contribution in [3.05, 3.63) is 17.0 Å². The first-order chi connectivity index (χ1) is 8.91. The van der Waals surface area contributed by atoms with E-state index in [2.05, 4.69) is 5.16 Å². The van der Waals surface area contributed by atoms with E-state index in [0.717, 1.165) is 12.8 Å². The Morgan fingerprint density at radius 3 is 2.58 bits per heavy atom. The Kier molecular flexibility index (Phi) is 3.59. The van der Waals surface area contributed by atoms with Crippen molar-refractivity contribution in [2.75, 3.05) is 6.54 Å². The molecule has 6 nitrogen and oxygen atoms in total. The second-order valence-corrected chi connectivity index (χ2v) is 5.22. The molecule has 2 rings (SSSR count). The smallest absolute Gasteiger partial charge is 0.323 e. The van der Waals surface area contributed by atoms with Crippen LogP contribution >= 0.6 is 0 Å². The van der Waals surface area contributed by atoms with Crippen molar-refractivity contribution in [3.8, 4) is 0 Å². The molecular formula is C13H18N2O4. The average Bonchev–Trinajstić information content (AvgIpc) is 3.07. The van der Waals surface area contributed by atoms with Crippen LogP contribution in [0.25, 0.3) is 0 Å². The van der Waals surface area contributed by atoms with E-state index in [-0.39, 0.29) is 24.4 Å². The Bertz CT molecular complexity index is 503. The zero-order valence-electron chi connectivity index (χ0n) is 11.3. The molecule has 0 saturated heterocycles. The van der Waals surface area contributed by atoms with Crippen molar-refractivity contribution in [2.45, 2.75) is 45.6 Å². The van der Waals surface area contributed by atoms with Crippen molar-refractivity contribution in [2.24, 2.45) is 0 Å². The minimum Gasteiger partial charge on any atom is -0.480 e. The van der Waals surface area contributed by atoms with Gasteiger partial charge in [0.1, 0.15) is 12.1 Å². The molecule has 0 aliphatic heterocycles. The summed E-state index contributed by atoms with van der Waals surface area (Å²) in [5.41, 5.74) is 0.938. The molecular weight excluding hydrogens is 248 g/mol. The molecule has 1 aromatic rings. The zero-order valence-corrected chi connectivity index (χ0v) is 11.3. The highest BCUT2D eigenvalue weighted by Gasteiger charge is 2.37. The Hall–Kier alpha value is -1.85. The fourth-order valence-corrected chi connectivity index (χ4v) is 2.08. The van der Waals surface area contributed by atoms with E-state index < -0.39 is 5.97 Å². The molecule has 1 aromatic heterocycles. The molecule has 6 heteroatoms. The molecule has 0 radical (unpaired) electrons. The van der Waals surface area contributed by atoms with Crippen molar-refractivity contribution < 1.29 is 19.2 Å². The highest BCUT2D eigenvalue weighted by Crippen LogP contribution is 2.31. The summed E-state index contributed by atoms with van der Waals surface area (Å²) in [6.07, 6.45) is 1.72. The van der Waals surface area contributed by atoms with Gasteiger partial charge in [0.2, 0.25) is 0 Å². The fraction of sp³-hybridized carbons (Fsp3) is 0.615. The first-order valence-electron chi connectivity index (χ1n) is 6.40. The summed E-state index contributed by atoms with van der Waals surface area (Å²) in [6.45, 7) is 5.25. The molecule has 1 amide bonds. The Morgan fingerprint density at radius 1 is 1.47 bits per heavy atom. The summed E-state index contributed by atoms with van der Waals surface area (Å²) in [4.78, 5) is 24.8. The fourth-order valence-electron chi connectivity index (χ4n) is 2.08. The molecule has 1 aliphatic rings. The monoisotopic (exact) mass is 266 g/mol. The van der Waals surface area contributed by atoms with Gasteiger partial charge in [-0.15, -0.1) is 0 Å². The quantitative estimate of drug-likeness (QED) is 0.878. The lowest BCUT2D eigenvalue weighted by Crippen LogP contribution is -2.38. The molecule has 1 fully saturated rings. The summed E-state index contributed by atoms with van der Waals surface area (Å²) in [6, 6.07) is 0.0397. The van der Waals surface area contributed by atoms with Gasteiger partial charge in [0.15, 0.2) is 5.76 Å². The van der Waals surface area contributed by atoms with E-state index in [1.807, 2.05) is 13.8 Å². The minimum atomic E-state index is -1.000. The third-order valence-corrected chi connectivity index (χ3v) is 3.18. The molecule has 0 aromatic carbocycles. The topological polar surface area (TPSA) is 83.6 Å². The van der Waals surface area contributed by atoms with Crippen LogP contribution in [0, 0.1) is 6.92 Å². The maximum atomic E-state index is 12.5. The van der Waals surface area contributed by atoms with Crippen LogP contribution in [0.5, 0.6) is 0 Å². The van der Waals surface area contributed by atoms with E-state index >= 15 is 0 Å². The van der Waals surface area contributed by atoms with Crippen LogP contribution in [-0.4, -0.2) is 39.6 Å². The second kappa shape index (κ2) is 5.03. The molecule has 1 heterocycles. The van der Waals surface area contributed by atoms with Gasteiger partial charge in [-0.3, -0.25) is 9.59 Å². The largest absolute Gasteiger partial charge is 0.480 e. The van der Waals surface area contributed by atoms with E-state index in [1.54, 1.807) is 6.92 Å². The van der Waals surface area contributed by atoms with Crippen LogP contribution in [0.1, 0.15) is 54.4 Å². The molecule has 0 bridgehead atoms. The average molecular weight is 266 g/mol. The van der Waals surface area contributed by atoms with Gasteiger partial charge in [0.25, 0.3) is 5.91 Å². The van der Waals surface area contributed by atoms with E-state index in [0.29, 0.717) is 17.0 Å². The predicted molar refractivity (Wildman–Crippen MR) is 67.0 cm³/mol. The predicted octanol–water partition coefficient (Wildman–Crippen LogP) is 1.80. The second-order valence-electron chi connectivity index (χ2n) is 5.22. The van der Waals surface area contributed by atoms with Crippen molar-refractivity contribution in [1.29, 1.82) is 0 Å². The molecule has 0 spiro atoms. The summed E-state index contributed by atoms with van der Waals surface area (Å²) in [5.74, 6) is -0.725. The van der Waals surface area contributed by atoms with Crippen molar-refractivity contribution in [3.63, 3.8) is 0 Å². The Labute approximate surface area is 111 Å². The SMILES string of the molecule is Cc1noc(C(C)C)c1C(=O)N(CC(=O)O)C1CC1. The highest BCUT2D eigenvalue weighted by atomic mass is 16.5. The molecule has 104 valence electrons. The van der Waals surface area contributed by atoms with Crippen LogP contribution in [0.15, 0.2) is 4.52 Å². The number of carbonyl (C=O) groups is 2. The van der Waals surface area contributed by atoms with Crippen molar-refractivity contribution in [1.82, 2.24) is 10.1 Å². The molecule has 1 N–H and O–H groups in total. The Balaban J connectivity index is 2.31. The number of carboxylic acids is 1. The number of nitrogens with zero attached hydrogens (tertiary/aromatic N) is 2. The van der Waals surface area contributed by atoms with Gasteiger partial charge >= 0.3 is 5.97 Å². The van der Waals surface area contributed by atoms with Gasteiger partial charge in [-0.2, -0.15) is 0 Å².